The average molecular weight is 247 g/mol. The third kappa shape index (κ3) is 3.61. The Labute approximate surface area is 106 Å². The molecule has 2 heterocycles. The number of aryl methyl sites for hydroxylation is 1. The number of hydrogen-bond donors (Lipinski definition) is 1. The lowest BCUT2D eigenvalue weighted by Crippen LogP contribution is -2.29. The molecule has 1 atom stereocenters. The van der Waals surface area contributed by atoms with Crippen LogP contribution in [0.2, 0.25) is 0 Å². The molecule has 1 N–H and O–H groups in total. The molecule has 3 nitrogen and oxygen atoms in total. The van der Waals surface area contributed by atoms with Crippen molar-refractivity contribution in [3.05, 3.63) is 46.2 Å². The fourth-order valence-corrected chi connectivity index (χ4v) is 2.64. The molecule has 1 unspecified atom stereocenters. The van der Waals surface area contributed by atoms with Gasteiger partial charge in [-0.25, -0.2) is 4.98 Å². The molecule has 90 valence electrons. The number of thiazole rings is 1. The van der Waals surface area contributed by atoms with Gasteiger partial charge in [-0.3, -0.25) is 4.98 Å². The molecular formula is C13H17N3S. The zero-order valence-electron chi connectivity index (χ0n) is 10.2. The molecule has 0 amide bonds. The van der Waals surface area contributed by atoms with Gasteiger partial charge in [-0.05, 0) is 38.1 Å². The Balaban J connectivity index is 1.98. The maximum atomic E-state index is 4.51. The summed E-state index contributed by atoms with van der Waals surface area (Å²) in [5.74, 6) is 0. The van der Waals surface area contributed by atoms with Gasteiger partial charge in [-0.2, -0.15) is 0 Å². The topological polar surface area (TPSA) is 37.8 Å². The van der Waals surface area contributed by atoms with Gasteiger partial charge in [0.1, 0.15) is 0 Å². The summed E-state index contributed by atoms with van der Waals surface area (Å²) in [7, 11) is 2.01. The Morgan fingerprint density at radius 2 is 2.06 bits per heavy atom. The molecule has 0 bridgehead atoms. The lowest BCUT2D eigenvalue weighted by Gasteiger charge is -2.14. The average Bonchev–Trinajstić information content (AvgIpc) is 2.75. The highest BCUT2D eigenvalue weighted by Gasteiger charge is 2.10. The van der Waals surface area contributed by atoms with Crippen molar-refractivity contribution in [2.75, 3.05) is 7.05 Å². The van der Waals surface area contributed by atoms with Crippen molar-refractivity contribution < 1.29 is 0 Å². The molecule has 0 radical (unpaired) electrons. The van der Waals surface area contributed by atoms with Crippen molar-refractivity contribution in [2.24, 2.45) is 0 Å². The predicted octanol–water partition coefficient (Wildman–Crippen LogP) is 2.22. The van der Waals surface area contributed by atoms with Crippen LogP contribution >= 0.6 is 11.3 Å². The van der Waals surface area contributed by atoms with Gasteiger partial charge in [0, 0.05) is 35.9 Å². The van der Waals surface area contributed by atoms with E-state index in [-0.39, 0.29) is 0 Å². The SMILES string of the molecule is CNC(Cc1ccncc1)Cc1nc(C)cs1. The molecule has 0 aliphatic carbocycles. The largest absolute Gasteiger partial charge is 0.316 e. The van der Waals surface area contributed by atoms with Crippen molar-refractivity contribution in [2.45, 2.75) is 25.8 Å². The van der Waals surface area contributed by atoms with Crippen molar-refractivity contribution in [3.8, 4) is 0 Å². The van der Waals surface area contributed by atoms with E-state index in [0.29, 0.717) is 6.04 Å². The Morgan fingerprint density at radius 1 is 1.29 bits per heavy atom. The maximum absolute atomic E-state index is 4.51. The predicted molar refractivity (Wildman–Crippen MR) is 71.3 cm³/mol. The molecule has 2 rings (SSSR count). The minimum absolute atomic E-state index is 0.433. The molecule has 0 fully saturated rings. The second-order valence-corrected chi connectivity index (χ2v) is 5.07. The molecule has 2 aromatic heterocycles. The van der Waals surface area contributed by atoms with Gasteiger partial charge in [0.15, 0.2) is 0 Å². The van der Waals surface area contributed by atoms with Gasteiger partial charge in [0.25, 0.3) is 0 Å². The first-order valence-corrected chi connectivity index (χ1v) is 6.63. The van der Waals surface area contributed by atoms with Gasteiger partial charge in [-0.1, -0.05) is 0 Å². The normalized spacial score (nSPS) is 12.6. The van der Waals surface area contributed by atoms with Crippen LogP contribution in [0.15, 0.2) is 29.9 Å². The molecule has 2 aromatic rings. The van der Waals surface area contributed by atoms with Crippen molar-refractivity contribution in [1.82, 2.24) is 15.3 Å². The minimum atomic E-state index is 0.433. The summed E-state index contributed by atoms with van der Waals surface area (Å²) in [4.78, 5) is 8.54. The smallest absolute Gasteiger partial charge is 0.0943 e. The van der Waals surface area contributed by atoms with E-state index in [2.05, 4.69) is 32.8 Å². The lowest BCUT2D eigenvalue weighted by molar-refractivity contribution is 0.554. The van der Waals surface area contributed by atoms with E-state index >= 15 is 0 Å². The first kappa shape index (κ1) is 12.2. The fraction of sp³-hybridized carbons (Fsp3) is 0.385. The molecule has 0 aliphatic heterocycles. The molecular weight excluding hydrogens is 230 g/mol. The fourth-order valence-electron chi connectivity index (χ4n) is 1.79. The summed E-state index contributed by atoms with van der Waals surface area (Å²) in [5.41, 5.74) is 2.43. The highest BCUT2D eigenvalue weighted by atomic mass is 32.1. The van der Waals surface area contributed by atoms with E-state index in [9.17, 15) is 0 Å². The summed E-state index contributed by atoms with van der Waals surface area (Å²) in [6.07, 6.45) is 5.68. The molecule has 0 saturated carbocycles. The monoisotopic (exact) mass is 247 g/mol. The minimum Gasteiger partial charge on any atom is -0.316 e. The van der Waals surface area contributed by atoms with Crippen LogP contribution in [0.3, 0.4) is 0 Å². The molecule has 17 heavy (non-hydrogen) atoms. The Morgan fingerprint density at radius 3 is 2.65 bits per heavy atom. The summed E-state index contributed by atoms with van der Waals surface area (Å²) < 4.78 is 0. The number of nitrogens with one attached hydrogen (secondary N) is 1. The summed E-state index contributed by atoms with van der Waals surface area (Å²) in [5, 5.41) is 6.66. The van der Waals surface area contributed by atoms with Crippen LogP contribution < -0.4 is 5.32 Å². The highest BCUT2D eigenvalue weighted by molar-refractivity contribution is 7.09. The van der Waals surface area contributed by atoms with Crippen molar-refractivity contribution in [3.63, 3.8) is 0 Å². The van der Waals surface area contributed by atoms with E-state index in [1.54, 1.807) is 11.3 Å². The molecule has 0 aromatic carbocycles. The standard InChI is InChI=1S/C13H17N3S/c1-10-9-17-13(16-10)8-12(14-2)7-11-3-5-15-6-4-11/h3-6,9,12,14H,7-8H2,1-2H3. The Kier molecular flexibility index (Phi) is 4.23. The van der Waals surface area contributed by atoms with Crippen LogP contribution in [0.4, 0.5) is 0 Å². The molecule has 0 saturated heterocycles. The van der Waals surface area contributed by atoms with Crippen molar-refractivity contribution in [1.29, 1.82) is 0 Å². The van der Waals surface area contributed by atoms with Crippen LogP contribution in [0.25, 0.3) is 0 Å². The number of rotatable bonds is 5. The quantitative estimate of drug-likeness (QED) is 0.880. The summed E-state index contributed by atoms with van der Waals surface area (Å²) >= 11 is 1.74. The number of likely N-dealkylation sites (N-methyl/N-ethyl adjacent to an activating group) is 1. The lowest BCUT2D eigenvalue weighted by atomic mass is 10.1. The van der Waals surface area contributed by atoms with Gasteiger partial charge >= 0.3 is 0 Å². The van der Waals surface area contributed by atoms with E-state index in [1.165, 1.54) is 10.6 Å². The van der Waals surface area contributed by atoms with Crippen LogP contribution in [-0.2, 0) is 12.8 Å². The zero-order chi connectivity index (χ0) is 12.1. The molecule has 0 aliphatic rings. The van der Waals surface area contributed by atoms with Crippen LogP contribution in [-0.4, -0.2) is 23.1 Å². The molecule has 0 spiro atoms. The number of hydrogen-bond acceptors (Lipinski definition) is 4. The van der Waals surface area contributed by atoms with Gasteiger partial charge in [0.2, 0.25) is 0 Å². The Bertz CT molecular complexity index is 453. The van der Waals surface area contributed by atoms with Gasteiger partial charge in [-0.15, -0.1) is 11.3 Å². The summed E-state index contributed by atoms with van der Waals surface area (Å²) in [6, 6.07) is 4.57. The summed E-state index contributed by atoms with van der Waals surface area (Å²) in [6.45, 7) is 2.04. The van der Waals surface area contributed by atoms with Crippen molar-refractivity contribution >= 4 is 11.3 Å². The first-order valence-electron chi connectivity index (χ1n) is 5.75. The highest BCUT2D eigenvalue weighted by Crippen LogP contribution is 2.13. The van der Waals surface area contributed by atoms with Gasteiger partial charge < -0.3 is 5.32 Å². The van der Waals surface area contributed by atoms with E-state index in [0.717, 1.165) is 18.5 Å². The maximum Gasteiger partial charge on any atom is 0.0943 e. The first-order chi connectivity index (χ1) is 8.28. The second kappa shape index (κ2) is 5.89. The van der Waals surface area contributed by atoms with E-state index in [4.69, 9.17) is 0 Å². The second-order valence-electron chi connectivity index (χ2n) is 4.13. The van der Waals surface area contributed by atoms with Gasteiger partial charge in [0.05, 0.1) is 5.01 Å². The van der Waals surface area contributed by atoms with Crippen LogP contribution in [0.1, 0.15) is 16.3 Å². The number of aromatic nitrogens is 2. The van der Waals surface area contributed by atoms with E-state index < -0.39 is 0 Å². The zero-order valence-corrected chi connectivity index (χ0v) is 11.0. The third-order valence-corrected chi connectivity index (χ3v) is 3.72. The van der Waals surface area contributed by atoms with Crippen LogP contribution in [0, 0.1) is 6.92 Å². The molecule has 4 heteroatoms. The van der Waals surface area contributed by atoms with Crippen LogP contribution in [0.5, 0.6) is 0 Å². The number of nitrogens with zero attached hydrogens (tertiary/aromatic N) is 2. The Hall–Kier alpha value is -1.26. The number of pyridine rings is 1. The third-order valence-electron chi connectivity index (χ3n) is 2.73. The van der Waals surface area contributed by atoms with E-state index in [1.807, 2.05) is 26.4 Å².